The van der Waals surface area contributed by atoms with E-state index in [0.717, 1.165) is 12.8 Å². The van der Waals surface area contributed by atoms with Crippen molar-refractivity contribution in [3.05, 3.63) is 29.6 Å². The number of halogens is 1. The summed E-state index contributed by atoms with van der Waals surface area (Å²) in [5.74, 6) is 0.256. The number of rotatable bonds is 6. The number of hydrogen-bond donors (Lipinski definition) is 2. The van der Waals surface area contributed by atoms with Crippen LogP contribution in [0.4, 0.5) is 4.39 Å². The van der Waals surface area contributed by atoms with E-state index in [1.54, 1.807) is 6.92 Å². The molecule has 0 aromatic heterocycles. The molecule has 1 fully saturated rings. The van der Waals surface area contributed by atoms with Gasteiger partial charge in [0.05, 0.1) is 13.2 Å². The van der Waals surface area contributed by atoms with Crippen molar-refractivity contribution in [1.29, 1.82) is 0 Å². The minimum Gasteiger partial charge on any atom is -0.490 e. The largest absolute Gasteiger partial charge is 0.490 e. The SMILES string of the molecule is CCC(O)(CO)c1ccc(F)c(OCC2CC2)c1. The summed E-state index contributed by atoms with van der Waals surface area (Å²) in [6, 6.07) is 4.24. The zero-order valence-electron chi connectivity index (χ0n) is 10.5. The average molecular weight is 254 g/mol. The van der Waals surface area contributed by atoms with Gasteiger partial charge >= 0.3 is 0 Å². The molecule has 3 nitrogen and oxygen atoms in total. The van der Waals surface area contributed by atoms with Crippen molar-refractivity contribution in [2.24, 2.45) is 5.92 Å². The van der Waals surface area contributed by atoms with E-state index < -0.39 is 18.0 Å². The summed E-state index contributed by atoms with van der Waals surface area (Å²) >= 11 is 0. The molecule has 0 heterocycles. The van der Waals surface area contributed by atoms with Gasteiger partial charge in [-0.15, -0.1) is 0 Å². The van der Waals surface area contributed by atoms with Crippen LogP contribution in [0.1, 0.15) is 31.7 Å². The third kappa shape index (κ3) is 2.82. The smallest absolute Gasteiger partial charge is 0.165 e. The zero-order chi connectivity index (χ0) is 13.2. The van der Waals surface area contributed by atoms with Crippen LogP contribution in [0.2, 0.25) is 0 Å². The van der Waals surface area contributed by atoms with Gasteiger partial charge in [0.2, 0.25) is 0 Å². The fourth-order valence-corrected chi connectivity index (χ4v) is 1.80. The quantitative estimate of drug-likeness (QED) is 0.818. The standard InChI is InChI=1S/C14H19FO3/c1-2-14(17,9-16)11-5-6-12(15)13(7-11)18-8-10-3-4-10/h5-7,10,16-17H,2-4,8-9H2,1H3. The summed E-state index contributed by atoms with van der Waals surface area (Å²) in [5, 5.41) is 19.4. The van der Waals surface area contributed by atoms with E-state index >= 15 is 0 Å². The zero-order valence-corrected chi connectivity index (χ0v) is 10.5. The van der Waals surface area contributed by atoms with Gasteiger partial charge in [-0.3, -0.25) is 0 Å². The van der Waals surface area contributed by atoms with E-state index in [2.05, 4.69) is 0 Å². The third-order valence-electron chi connectivity index (χ3n) is 3.49. The third-order valence-corrected chi connectivity index (χ3v) is 3.49. The lowest BCUT2D eigenvalue weighted by atomic mass is 9.92. The first-order valence-electron chi connectivity index (χ1n) is 6.35. The number of benzene rings is 1. The normalized spacial score (nSPS) is 18.4. The predicted molar refractivity (Wildman–Crippen MR) is 65.9 cm³/mol. The Morgan fingerprint density at radius 1 is 1.44 bits per heavy atom. The summed E-state index contributed by atoms with van der Waals surface area (Å²) in [6.45, 7) is 1.89. The molecule has 1 aromatic rings. The van der Waals surface area contributed by atoms with Crippen molar-refractivity contribution in [1.82, 2.24) is 0 Å². The lowest BCUT2D eigenvalue weighted by Crippen LogP contribution is -2.29. The Bertz CT molecular complexity index is 412. The van der Waals surface area contributed by atoms with E-state index in [-0.39, 0.29) is 5.75 Å². The average Bonchev–Trinajstić information content (AvgIpc) is 3.21. The maximum atomic E-state index is 13.6. The second kappa shape index (κ2) is 5.24. The van der Waals surface area contributed by atoms with Crippen LogP contribution in [-0.4, -0.2) is 23.4 Å². The van der Waals surface area contributed by atoms with Crippen molar-refractivity contribution in [2.45, 2.75) is 31.8 Å². The molecule has 1 unspecified atom stereocenters. The van der Waals surface area contributed by atoms with Crippen LogP contribution >= 0.6 is 0 Å². The molecule has 1 atom stereocenters. The predicted octanol–water partition coefficient (Wildman–Crippen LogP) is 2.20. The van der Waals surface area contributed by atoms with Gasteiger partial charge in [0, 0.05) is 0 Å². The number of aliphatic hydroxyl groups excluding tert-OH is 1. The first-order chi connectivity index (χ1) is 8.59. The van der Waals surface area contributed by atoms with Gasteiger partial charge in [-0.2, -0.15) is 0 Å². The molecule has 1 aliphatic carbocycles. The summed E-state index contributed by atoms with van der Waals surface area (Å²) < 4.78 is 19.0. The molecule has 2 N–H and O–H groups in total. The van der Waals surface area contributed by atoms with Crippen molar-refractivity contribution >= 4 is 0 Å². The van der Waals surface area contributed by atoms with Gasteiger partial charge in [0.25, 0.3) is 0 Å². The molecule has 0 aliphatic heterocycles. The molecule has 0 amide bonds. The maximum Gasteiger partial charge on any atom is 0.165 e. The highest BCUT2D eigenvalue weighted by Gasteiger charge is 2.28. The molecule has 4 heteroatoms. The molecular weight excluding hydrogens is 235 g/mol. The Balaban J connectivity index is 2.18. The fraction of sp³-hybridized carbons (Fsp3) is 0.571. The van der Waals surface area contributed by atoms with Crippen LogP contribution in [-0.2, 0) is 5.60 Å². The van der Waals surface area contributed by atoms with Crippen LogP contribution in [0.3, 0.4) is 0 Å². The number of aliphatic hydroxyl groups is 2. The number of hydrogen-bond acceptors (Lipinski definition) is 3. The van der Waals surface area contributed by atoms with Crippen molar-refractivity contribution < 1.29 is 19.3 Å². The molecular formula is C14H19FO3. The van der Waals surface area contributed by atoms with E-state index in [1.165, 1.54) is 18.2 Å². The van der Waals surface area contributed by atoms with Gasteiger partial charge in [-0.1, -0.05) is 13.0 Å². The minimum absolute atomic E-state index is 0.153. The van der Waals surface area contributed by atoms with Gasteiger partial charge in [0.15, 0.2) is 11.6 Å². The van der Waals surface area contributed by atoms with Crippen LogP contribution in [0.15, 0.2) is 18.2 Å². The second-order valence-corrected chi connectivity index (χ2v) is 4.94. The summed E-state index contributed by atoms with van der Waals surface area (Å²) in [6.07, 6.45) is 2.63. The van der Waals surface area contributed by atoms with Gasteiger partial charge in [0.1, 0.15) is 5.60 Å². The molecule has 100 valence electrons. The Hall–Kier alpha value is -1.13. The Morgan fingerprint density at radius 2 is 2.17 bits per heavy atom. The Kier molecular flexibility index (Phi) is 3.88. The highest BCUT2D eigenvalue weighted by Crippen LogP contribution is 2.32. The topological polar surface area (TPSA) is 49.7 Å². The van der Waals surface area contributed by atoms with Gasteiger partial charge in [-0.05, 0) is 42.9 Å². The highest BCUT2D eigenvalue weighted by molar-refractivity contribution is 5.34. The Morgan fingerprint density at radius 3 is 2.72 bits per heavy atom. The summed E-state index contributed by atoms with van der Waals surface area (Å²) in [7, 11) is 0. The molecule has 0 radical (unpaired) electrons. The molecule has 0 saturated heterocycles. The van der Waals surface area contributed by atoms with E-state index in [0.29, 0.717) is 24.5 Å². The second-order valence-electron chi connectivity index (χ2n) is 4.94. The van der Waals surface area contributed by atoms with E-state index in [9.17, 15) is 14.6 Å². The molecule has 18 heavy (non-hydrogen) atoms. The van der Waals surface area contributed by atoms with Crippen LogP contribution in [0.5, 0.6) is 5.75 Å². The van der Waals surface area contributed by atoms with Crippen LogP contribution in [0, 0.1) is 11.7 Å². The Labute approximate surface area is 106 Å². The molecule has 2 rings (SSSR count). The maximum absolute atomic E-state index is 13.6. The first kappa shape index (κ1) is 13.3. The van der Waals surface area contributed by atoms with Gasteiger partial charge < -0.3 is 14.9 Å². The molecule has 1 aliphatic rings. The van der Waals surface area contributed by atoms with E-state index in [1.807, 2.05) is 0 Å². The molecule has 1 saturated carbocycles. The molecule has 0 bridgehead atoms. The first-order valence-corrected chi connectivity index (χ1v) is 6.35. The highest BCUT2D eigenvalue weighted by atomic mass is 19.1. The fourth-order valence-electron chi connectivity index (χ4n) is 1.80. The molecule has 1 aromatic carbocycles. The summed E-state index contributed by atoms with van der Waals surface area (Å²) in [4.78, 5) is 0. The van der Waals surface area contributed by atoms with Crippen LogP contribution < -0.4 is 4.74 Å². The lowest BCUT2D eigenvalue weighted by Gasteiger charge is -2.25. The molecule has 0 spiro atoms. The van der Waals surface area contributed by atoms with E-state index in [4.69, 9.17) is 4.74 Å². The minimum atomic E-state index is -1.33. The van der Waals surface area contributed by atoms with Crippen molar-refractivity contribution in [3.8, 4) is 5.75 Å². The number of ether oxygens (including phenoxy) is 1. The monoisotopic (exact) mass is 254 g/mol. The van der Waals surface area contributed by atoms with Crippen LogP contribution in [0.25, 0.3) is 0 Å². The van der Waals surface area contributed by atoms with Gasteiger partial charge in [-0.25, -0.2) is 4.39 Å². The van der Waals surface area contributed by atoms with Crippen molar-refractivity contribution in [3.63, 3.8) is 0 Å². The summed E-state index contributed by atoms with van der Waals surface area (Å²) in [5.41, 5.74) is -0.842. The lowest BCUT2D eigenvalue weighted by molar-refractivity contribution is -0.0224. The van der Waals surface area contributed by atoms with Crippen molar-refractivity contribution in [2.75, 3.05) is 13.2 Å².